The van der Waals surface area contributed by atoms with E-state index in [0.717, 1.165) is 25.7 Å². The first kappa shape index (κ1) is 18.1. The maximum atomic E-state index is 4.79. The van der Waals surface area contributed by atoms with Crippen molar-refractivity contribution in [3.05, 3.63) is 124 Å². The van der Waals surface area contributed by atoms with E-state index in [4.69, 9.17) is 4.98 Å². The number of hydrogen-bond acceptors (Lipinski definition) is 3. The van der Waals surface area contributed by atoms with Crippen molar-refractivity contribution >= 4 is 17.1 Å². The van der Waals surface area contributed by atoms with E-state index in [-0.39, 0.29) is 0 Å². The molecular weight excluding hydrogens is 426 g/mol. The summed E-state index contributed by atoms with van der Waals surface area (Å²) >= 11 is 0. The molecule has 0 bridgehead atoms. The standard InChI is InChI=1S/C32H21N3/c1-2-4-25-18(3-1)11-20-5-6-21-12-23-16-28-24(14-26(23)31(21)30(20)25)13-22-8-10-34-27-15-19-7-9-33-17-29(19)35(28)32(22)27/h1-10,14,16-17H,11-13,15H2. The predicted octanol–water partition coefficient (Wildman–Crippen LogP) is 6.90. The Labute approximate surface area is 203 Å². The molecule has 0 N–H and O–H groups in total. The molecule has 2 aliphatic carbocycles. The zero-order chi connectivity index (χ0) is 22.7. The first-order valence-corrected chi connectivity index (χ1v) is 12.4. The highest BCUT2D eigenvalue weighted by atomic mass is 15.2. The Balaban J connectivity index is 1.30. The second-order valence-electron chi connectivity index (χ2n) is 10.2. The van der Waals surface area contributed by atoms with Crippen LogP contribution in [0.1, 0.15) is 44.6 Å². The Bertz CT molecular complexity index is 1760. The van der Waals surface area contributed by atoms with Crippen LogP contribution in [0.3, 0.4) is 0 Å². The molecule has 9 rings (SSSR count). The summed E-state index contributed by atoms with van der Waals surface area (Å²) in [6.07, 6.45) is 9.76. The number of hydrogen-bond donors (Lipinski definition) is 0. The first-order chi connectivity index (χ1) is 17.3. The summed E-state index contributed by atoms with van der Waals surface area (Å²) in [5.74, 6) is 0. The SMILES string of the molecule is c1ccc2c(c1)Cc1ccc3c(c1-2)-c1cc2c(cc1C3)N1c3cnccc3Cc3nccc(c31)C2. The van der Waals surface area contributed by atoms with Crippen LogP contribution in [0.2, 0.25) is 0 Å². The Hall–Kier alpha value is -4.24. The fourth-order valence-electron chi connectivity index (χ4n) is 6.94. The van der Waals surface area contributed by atoms with Gasteiger partial charge in [-0.1, -0.05) is 36.4 Å². The van der Waals surface area contributed by atoms with Gasteiger partial charge in [0.25, 0.3) is 0 Å². The monoisotopic (exact) mass is 447 g/mol. The third-order valence-electron chi connectivity index (χ3n) is 8.42. The van der Waals surface area contributed by atoms with Gasteiger partial charge in [-0.25, -0.2) is 0 Å². The Morgan fingerprint density at radius 3 is 2.31 bits per heavy atom. The topological polar surface area (TPSA) is 29.0 Å². The van der Waals surface area contributed by atoms with Gasteiger partial charge >= 0.3 is 0 Å². The zero-order valence-electron chi connectivity index (χ0n) is 19.2. The van der Waals surface area contributed by atoms with Crippen molar-refractivity contribution in [1.82, 2.24) is 9.97 Å². The lowest BCUT2D eigenvalue weighted by Gasteiger charge is -2.38. The van der Waals surface area contributed by atoms with Gasteiger partial charge in [-0.05, 0) is 98.3 Å². The number of aromatic nitrogens is 2. The van der Waals surface area contributed by atoms with Crippen LogP contribution < -0.4 is 4.90 Å². The second kappa shape index (κ2) is 6.25. The van der Waals surface area contributed by atoms with E-state index in [9.17, 15) is 0 Å². The van der Waals surface area contributed by atoms with E-state index in [1.165, 1.54) is 84.0 Å². The molecule has 0 radical (unpaired) electrons. The number of fused-ring (bicyclic) bond motifs is 11. The summed E-state index contributed by atoms with van der Waals surface area (Å²) in [7, 11) is 0. The summed E-state index contributed by atoms with van der Waals surface area (Å²) in [5, 5.41) is 0. The van der Waals surface area contributed by atoms with Gasteiger partial charge in [0.05, 0.1) is 29.0 Å². The summed E-state index contributed by atoms with van der Waals surface area (Å²) in [4.78, 5) is 11.7. The van der Waals surface area contributed by atoms with Gasteiger partial charge in [0, 0.05) is 25.2 Å². The van der Waals surface area contributed by atoms with E-state index < -0.39 is 0 Å². The number of nitrogens with zero attached hydrogens (tertiary/aromatic N) is 3. The highest BCUT2D eigenvalue weighted by Gasteiger charge is 2.35. The quantitative estimate of drug-likeness (QED) is 0.253. The van der Waals surface area contributed by atoms with Gasteiger partial charge < -0.3 is 4.90 Å². The molecule has 0 atom stereocenters. The molecule has 0 fully saturated rings. The molecule has 0 saturated carbocycles. The van der Waals surface area contributed by atoms with Gasteiger partial charge in [0.15, 0.2) is 0 Å². The maximum absolute atomic E-state index is 4.79. The third kappa shape index (κ3) is 2.26. The highest BCUT2D eigenvalue weighted by Crippen LogP contribution is 2.54. The second-order valence-corrected chi connectivity index (χ2v) is 10.2. The van der Waals surface area contributed by atoms with Gasteiger partial charge in [-0.15, -0.1) is 0 Å². The molecule has 2 aliphatic heterocycles. The Morgan fingerprint density at radius 1 is 0.571 bits per heavy atom. The normalized spacial score (nSPS) is 14.9. The first-order valence-electron chi connectivity index (χ1n) is 12.4. The van der Waals surface area contributed by atoms with Gasteiger partial charge in [-0.2, -0.15) is 0 Å². The predicted molar refractivity (Wildman–Crippen MR) is 139 cm³/mol. The van der Waals surface area contributed by atoms with Crippen LogP contribution in [0.15, 0.2) is 79.3 Å². The minimum atomic E-state index is 0.870. The summed E-state index contributed by atoms with van der Waals surface area (Å²) < 4.78 is 0. The lowest BCUT2D eigenvalue weighted by Crippen LogP contribution is -2.25. The maximum Gasteiger partial charge on any atom is 0.0716 e. The van der Waals surface area contributed by atoms with Crippen molar-refractivity contribution in [3.63, 3.8) is 0 Å². The van der Waals surface area contributed by atoms with Gasteiger partial charge in [-0.3, -0.25) is 9.97 Å². The van der Waals surface area contributed by atoms with Crippen LogP contribution in [0, 0.1) is 0 Å². The average molecular weight is 448 g/mol. The molecule has 3 heteroatoms. The van der Waals surface area contributed by atoms with Gasteiger partial charge in [0.1, 0.15) is 0 Å². The van der Waals surface area contributed by atoms with Crippen LogP contribution >= 0.6 is 0 Å². The van der Waals surface area contributed by atoms with E-state index in [1.807, 2.05) is 18.6 Å². The molecule has 3 nitrogen and oxygen atoms in total. The van der Waals surface area contributed by atoms with E-state index in [2.05, 4.69) is 70.5 Å². The molecule has 35 heavy (non-hydrogen) atoms. The molecule has 3 aromatic carbocycles. The fraction of sp³-hybridized carbons (Fsp3) is 0.125. The molecule has 5 aromatic rings. The summed E-state index contributed by atoms with van der Waals surface area (Å²) in [6, 6.07) is 23.0. The van der Waals surface area contributed by atoms with Crippen molar-refractivity contribution in [2.45, 2.75) is 25.7 Å². The molecule has 164 valence electrons. The van der Waals surface area contributed by atoms with E-state index in [0.29, 0.717) is 0 Å². The summed E-state index contributed by atoms with van der Waals surface area (Å²) in [6.45, 7) is 0. The molecule has 0 saturated heterocycles. The third-order valence-corrected chi connectivity index (χ3v) is 8.42. The molecule has 4 aliphatic rings. The van der Waals surface area contributed by atoms with Crippen molar-refractivity contribution < 1.29 is 0 Å². The molecule has 2 aromatic heterocycles. The van der Waals surface area contributed by atoms with Gasteiger partial charge in [0.2, 0.25) is 0 Å². The van der Waals surface area contributed by atoms with E-state index >= 15 is 0 Å². The average Bonchev–Trinajstić information content (AvgIpc) is 3.44. The smallest absolute Gasteiger partial charge is 0.0716 e. The largest absolute Gasteiger partial charge is 0.306 e. The molecule has 0 unspecified atom stereocenters. The van der Waals surface area contributed by atoms with E-state index in [1.54, 1.807) is 0 Å². The molecular formula is C32H21N3. The highest BCUT2D eigenvalue weighted by molar-refractivity contribution is 5.97. The lowest BCUT2D eigenvalue weighted by atomic mass is 9.87. The number of benzene rings is 3. The number of rotatable bonds is 0. The minimum Gasteiger partial charge on any atom is -0.306 e. The molecule has 0 amide bonds. The molecule has 0 spiro atoms. The Morgan fingerprint density at radius 2 is 1.37 bits per heavy atom. The lowest BCUT2D eigenvalue weighted by molar-refractivity contribution is 0.952. The fourth-order valence-corrected chi connectivity index (χ4v) is 6.94. The van der Waals surface area contributed by atoms with Crippen molar-refractivity contribution in [2.24, 2.45) is 0 Å². The van der Waals surface area contributed by atoms with Crippen molar-refractivity contribution in [3.8, 4) is 22.3 Å². The molecule has 4 heterocycles. The minimum absolute atomic E-state index is 0.870. The Kier molecular flexibility index (Phi) is 3.24. The van der Waals surface area contributed by atoms with Crippen LogP contribution in [0.25, 0.3) is 22.3 Å². The summed E-state index contributed by atoms with van der Waals surface area (Å²) in [5.41, 5.74) is 20.6. The van der Waals surface area contributed by atoms with Crippen molar-refractivity contribution in [1.29, 1.82) is 0 Å². The van der Waals surface area contributed by atoms with Crippen molar-refractivity contribution in [2.75, 3.05) is 4.90 Å². The van der Waals surface area contributed by atoms with Crippen LogP contribution in [-0.4, -0.2) is 9.97 Å². The zero-order valence-corrected chi connectivity index (χ0v) is 19.2. The van der Waals surface area contributed by atoms with Crippen LogP contribution in [0.4, 0.5) is 17.1 Å². The number of anilines is 3. The number of pyridine rings is 2. The van der Waals surface area contributed by atoms with Crippen LogP contribution in [-0.2, 0) is 25.7 Å². The van der Waals surface area contributed by atoms with Crippen LogP contribution in [0.5, 0.6) is 0 Å².